The number of nitrogens with zero attached hydrogens (tertiary/aromatic N) is 2. The van der Waals surface area contributed by atoms with Crippen LogP contribution in [-0.4, -0.2) is 48.7 Å². The third-order valence-electron chi connectivity index (χ3n) is 5.70. The minimum atomic E-state index is -3.56. The molecule has 0 amide bonds. The summed E-state index contributed by atoms with van der Waals surface area (Å²) in [7, 11) is -3.56. The van der Waals surface area contributed by atoms with Crippen LogP contribution in [0.15, 0.2) is 41.3 Å². The molecule has 0 saturated carbocycles. The monoisotopic (exact) mass is 432 g/mol. The number of carbonyl (C=O) groups is 2. The van der Waals surface area contributed by atoms with Crippen LogP contribution in [0.2, 0.25) is 0 Å². The van der Waals surface area contributed by atoms with Gasteiger partial charge in [-0.3, -0.25) is 9.59 Å². The highest BCUT2D eigenvalue weighted by atomic mass is 32.2. The van der Waals surface area contributed by atoms with Gasteiger partial charge in [0.25, 0.3) is 0 Å². The van der Waals surface area contributed by atoms with E-state index in [2.05, 4.69) is 0 Å². The molecule has 0 bridgehead atoms. The molecule has 0 spiro atoms. The summed E-state index contributed by atoms with van der Waals surface area (Å²) in [4.78, 5) is 25.2. The lowest BCUT2D eigenvalue weighted by atomic mass is 9.98. The molecular formula is C22H28N2O5S. The first kappa shape index (κ1) is 22.2. The van der Waals surface area contributed by atoms with E-state index in [1.807, 2.05) is 31.4 Å². The lowest BCUT2D eigenvalue weighted by Crippen LogP contribution is -2.40. The molecule has 1 saturated heterocycles. The first-order valence-electron chi connectivity index (χ1n) is 10.2. The number of piperidine rings is 1. The van der Waals surface area contributed by atoms with E-state index in [1.165, 1.54) is 4.31 Å². The van der Waals surface area contributed by atoms with Crippen molar-refractivity contribution in [2.45, 2.75) is 45.1 Å². The maximum Gasteiger partial charge on any atom is 0.309 e. The number of ether oxygens (including phenoxy) is 1. The third kappa shape index (κ3) is 4.49. The Morgan fingerprint density at radius 1 is 1.10 bits per heavy atom. The Kier molecular flexibility index (Phi) is 6.77. The zero-order valence-electron chi connectivity index (χ0n) is 17.6. The topological polar surface area (TPSA) is 85.7 Å². The van der Waals surface area contributed by atoms with Crippen LogP contribution >= 0.6 is 0 Å². The number of carbonyl (C=O) groups excluding carboxylic acids is 2. The molecule has 0 radical (unpaired) electrons. The zero-order chi connectivity index (χ0) is 21.9. The second-order valence-electron chi connectivity index (χ2n) is 7.55. The molecule has 1 aliphatic heterocycles. The summed E-state index contributed by atoms with van der Waals surface area (Å²) in [5, 5.41) is 0. The van der Waals surface area contributed by atoms with E-state index in [0.29, 0.717) is 18.4 Å². The van der Waals surface area contributed by atoms with Crippen LogP contribution in [0.1, 0.15) is 41.5 Å². The van der Waals surface area contributed by atoms with Crippen LogP contribution in [0, 0.1) is 19.8 Å². The summed E-state index contributed by atoms with van der Waals surface area (Å²) >= 11 is 0. The van der Waals surface area contributed by atoms with E-state index >= 15 is 0 Å². The molecular weight excluding hydrogens is 404 g/mol. The van der Waals surface area contributed by atoms with Crippen LogP contribution in [0.25, 0.3) is 0 Å². The minimum Gasteiger partial charge on any atom is -0.457 e. The number of aryl methyl sites for hydroxylation is 1. The van der Waals surface area contributed by atoms with E-state index < -0.39 is 21.9 Å². The van der Waals surface area contributed by atoms with Gasteiger partial charge in [-0.15, -0.1) is 0 Å². The highest BCUT2D eigenvalue weighted by Crippen LogP contribution is 2.25. The molecule has 0 N–H and O–H groups in total. The van der Waals surface area contributed by atoms with Crippen molar-refractivity contribution >= 4 is 21.8 Å². The Morgan fingerprint density at radius 2 is 1.73 bits per heavy atom. The number of esters is 1. The summed E-state index contributed by atoms with van der Waals surface area (Å²) < 4.78 is 34.1. The van der Waals surface area contributed by atoms with Crippen molar-refractivity contribution in [2.75, 3.05) is 19.7 Å². The van der Waals surface area contributed by atoms with Crippen LogP contribution in [0.4, 0.5) is 0 Å². The van der Waals surface area contributed by atoms with Gasteiger partial charge < -0.3 is 9.30 Å². The summed E-state index contributed by atoms with van der Waals surface area (Å²) in [5.41, 5.74) is 2.44. The molecule has 1 aromatic carbocycles. The van der Waals surface area contributed by atoms with Crippen molar-refractivity contribution in [3.8, 4) is 0 Å². The Hall–Kier alpha value is -2.45. The number of hydrogen-bond donors (Lipinski definition) is 0. The zero-order valence-corrected chi connectivity index (χ0v) is 18.4. The van der Waals surface area contributed by atoms with E-state index in [0.717, 1.165) is 17.9 Å². The van der Waals surface area contributed by atoms with Crippen LogP contribution in [0.5, 0.6) is 0 Å². The van der Waals surface area contributed by atoms with Gasteiger partial charge in [0.2, 0.25) is 15.8 Å². The van der Waals surface area contributed by atoms with Gasteiger partial charge in [-0.2, -0.15) is 4.31 Å². The van der Waals surface area contributed by atoms with Gasteiger partial charge in [0.05, 0.1) is 10.8 Å². The van der Waals surface area contributed by atoms with E-state index in [4.69, 9.17) is 4.74 Å². The lowest BCUT2D eigenvalue weighted by molar-refractivity contribution is -0.148. The molecule has 162 valence electrons. The smallest absolute Gasteiger partial charge is 0.309 e. The molecule has 2 aromatic rings. The highest BCUT2D eigenvalue weighted by Gasteiger charge is 2.33. The Morgan fingerprint density at radius 3 is 2.30 bits per heavy atom. The molecule has 3 rings (SSSR count). The fourth-order valence-corrected chi connectivity index (χ4v) is 5.47. The molecule has 0 aliphatic carbocycles. The molecule has 7 nitrogen and oxygen atoms in total. The Balaban J connectivity index is 1.54. The first-order chi connectivity index (χ1) is 14.3. The van der Waals surface area contributed by atoms with Crippen LogP contribution < -0.4 is 0 Å². The second kappa shape index (κ2) is 9.14. The van der Waals surface area contributed by atoms with Crippen molar-refractivity contribution in [1.82, 2.24) is 8.87 Å². The molecule has 1 aliphatic rings. The number of rotatable bonds is 7. The normalized spacial score (nSPS) is 15.8. The van der Waals surface area contributed by atoms with E-state index in [1.54, 1.807) is 30.3 Å². The molecule has 30 heavy (non-hydrogen) atoms. The van der Waals surface area contributed by atoms with Crippen molar-refractivity contribution in [1.29, 1.82) is 0 Å². The van der Waals surface area contributed by atoms with Gasteiger partial charge in [0.1, 0.15) is 0 Å². The number of Topliss-reactive ketones (excluding diaryl/α,β-unsaturated/α-hetero) is 1. The standard InChI is InChI=1S/C22H28N2O5S/c1-4-24-16(2)14-20(17(24)3)21(25)15-29-22(26)18-10-12-23(13-11-18)30(27,28)19-8-6-5-7-9-19/h5-9,14,18H,4,10-13,15H2,1-3H3. The number of hydrogen-bond acceptors (Lipinski definition) is 5. The minimum absolute atomic E-state index is 0.222. The maximum absolute atomic E-state index is 12.7. The van der Waals surface area contributed by atoms with Crippen molar-refractivity contribution in [3.63, 3.8) is 0 Å². The molecule has 1 fully saturated rings. The van der Waals surface area contributed by atoms with Gasteiger partial charge in [-0.25, -0.2) is 8.42 Å². The van der Waals surface area contributed by atoms with Crippen molar-refractivity contribution < 1.29 is 22.7 Å². The largest absolute Gasteiger partial charge is 0.457 e. The van der Waals surface area contributed by atoms with E-state index in [9.17, 15) is 18.0 Å². The van der Waals surface area contributed by atoms with Crippen molar-refractivity contribution in [2.24, 2.45) is 5.92 Å². The average molecular weight is 433 g/mol. The maximum atomic E-state index is 12.7. The number of aromatic nitrogens is 1. The predicted molar refractivity (Wildman–Crippen MR) is 113 cm³/mol. The van der Waals surface area contributed by atoms with Gasteiger partial charge >= 0.3 is 5.97 Å². The third-order valence-corrected chi connectivity index (χ3v) is 7.62. The Labute approximate surface area is 177 Å². The van der Waals surface area contributed by atoms with E-state index in [-0.39, 0.29) is 30.4 Å². The van der Waals surface area contributed by atoms with Crippen molar-refractivity contribution in [3.05, 3.63) is 53.3 Å². The summed E-state index contributed by atoms with van der Waals surface area (Å²) in [6, 6.07) is 10.1. The first-order valence-corrected chi connectivity index (χ1v) is 11.6. The second-order valence-corrected chi connectivity index (χ2v) is 9.49. The molecule has 2 heterocycles. The number of benzene rings is 1. The van der Waals surface area contributed by atoms with Gasteiger partial charge in [-0.05, 0) is 51.8 Å². The number of ketones is 1. The summed E-state index contributed by atoms with van der Waals surface area (Å²) in [6.45, 7) is 6.82. The van der Waals surface area contributed by atoms with Gasteiger partial charge in [0.15, 0.2) is 6.61 Å². The molecule has 0 atom stereocenters. The average Bonchev–Trinajstić information content (AvgIpc) is 3.05. The lowest BCUT2D eigenvalue weighted by Gasteiger charge is -2.30. The fraction of sp³-hybridized carbons (Fsp3) is 0.455. The number of sulfonamides is 1. The Bertz CT molecular complexity index is 1020. The van der Waals surface area contributed by atoms with Gasteiger partial charge in [0, 0.05) is 36.6 Å². The van der Waals surface area contributed by atoms with Crippen LogP contribution in [-0.2, 0) is 26.1 Å². The quantitative estimate of drug-likeness (QED) is 0.496. The predicted octanol–water partition coefficient (Wildman–Crippen LogP) is 2.95. The fourth-order valence-electron chi connectivity index (χ4n) is 3.98. The molecule has 1 aromatic heterocycles. The SMILES string of the molecule is CCn1c(C)cc(C(=O)COC(=O)C2CCN(S(=O)(=O)c3ccccc3)CC2)c1C. The summed E-state index contributed by atoms with van der Waals surface area (Å²) in [5.74, 6) is -1.06. The molecule has 0 unspecified atom stereocenters. The molecule has 8 heteroatoms. The van der Waals surface area contributed by atoms with Gasteiger partial charge in [-0.1, -0.05) is 18.2 Å². The summed E-state index contributed by atoms with van der Waals surface area (Å²) in [6.07, 6.45) is 0.757. The van der Waals surface area contributed by atoms with Crippen LogP contribution in [0.3, 0.4) is 0 Å². The highest BCUT2D eigenvalue weighted by molar-refractivity contribution is 7.89.